The Labute approximate surface area is 413 Å². The Balaban J connectivity index is 0.000000164. The number of aliphatic hydroxyl groups is 2. The van der Waals surface area contributed by atoms with Crippen LogP contribution >= 0.6 is 23.2 Å². The van der Waals surface area contributed by atoms with Crippen LogP contribution in [0.2, 0.25) is 10.0 Å². The van der Waals surface area contributed by atoms with Gasteiger partial charge in [-0.2, -0.15) is 0 Å². The van der Waals surface area contributed by atoms with Gasteiger partial charge >= 0.3 is 0 Å². The highest BCUT2D eigenvalue weighted by Gasteiger charge is 2.31. The lowest BCUT2D eigenvalue weighted by atomic mass is 10.0. The van der Waals surface area contributed by atoms with E-state index in [0.29, 0.717) is 96.3 Å². The van der Waals surface area contributed by atoms with Gasteiger partial charge in [0.25, 0.3) is 11.8 Å². The molecule has 2 fully saturated rings. The van der Waals surface area contributed by atoms with Gasteiger partial charge in [-0.1, -0.05) is 35.3 Å². The van der Waals surface area contributed by atoms with E-state index < -0.39 is 10.8 Å². The number of aromatic nitrogens is 8. The minimum atomic E-state index is -1.30. The van der Waals surface area contributed by atoms with E-state index in [4.69, 9.17) is 28.3 Å². The lowest BCUT2D eigenvalue weighted by Gasteiger charge is -2.31. The summed E-state index contributed by atoms with van der Waals surface area (Å²) in [7, 11) is -1.30. The molecule has 17 nitrogen and oxygen atoms in total. The monoisotopic (exact) mass is 992 g/mol. The van der Waals surface area contributed by atoms with Gasteiger partial charge in [0.1, 0.15) is 11.6 Å². The molecular weight excluding hydrogens is 940 g/mol. The van der Waals surface area contributed by atoms with Gasteiger partial charge in [-0.25, -0.2) is 29.9 Å². The summed E-state index contributed by atoms with van der Waals surface area (Å²) in [5.41, 5.74) is 9.39. The number of rotatable bonds is 6. The fourth-order valence-corrected chi connectivity index (χ4v) is 9.41. The first-order chi connectivity index (χ1) is 33.1. The number of piperidine rings is 2. The van der Waals surface area contributed by atoms with Crippen molar-refractivity contribution in [1.29, 1.82) is 0 Å². The van der Waals surface area contributed by atoms with Crippen LogP contribution in [0.1, 0.15) is 80.0 Å². The summed E-state index contributed by atoms with van der Waals surface area (Å²) >= 11 is 12.8. The quantitative estimate of drug-likeness (QED) is 0.157. The van der Waals surface area contributed by atoms with E-state index in [1.807, 2.05) is 39.8 Å². The van der Waals surface area contributed by atoms with Crippen molar-refractivity contribution in [2.45, 2.75) is 83.6 Å². The number of carbonyl (C=O) groups is 2. The number of fused-ring (bicyclic) bond motifs is 2. The van der Waals surface area contributed by atoms with E-state index in [-0.39, 0.29) is 29.2 Å². The summed E-state index contributed by atoms with van der Waals surface area (Å²) in [6.45, 7) is 12.2. The molecular formula is C49H54Cl2N12O5S. The van der Waals surface area contributed by atoms with Gasteiger partial charge in [-0.15, -0.1) is 0 Å². The van der Waals surface area contributed by atoms with Crippen molar-refractivity contribution < 1.29 is 24.0 Å². The van der Waals surface area contributed by atoms with E-state index in [2.05, 4.69) is 56.2 Å². The standard InChI is InChI=1S/C24H25ClN6O2.C20H18ClN5O2S.C5H11NO/c1-14-9-15(2)22(27-11-14)17-10-21(26-13-19(17)25)31-8-5-20-18(23(31)33)12-28-24(29-20)30-6-3-16(32)4-7-30;1-11-6-12(2)18(23-8-11)13-7-17(22-10-15(13)21)26-5-4-16-14(19(26)27)9-24-20(25-16)29(3)28;7-5-1-3-6-4-2-5/h9-13,16,32H,3-8H2,1-2H3;6-10H,4-5H2,1-3H3;5-7H,1-4H2. The minimum absolute atomic E-state index is 0.0266. The van der Waals surface area contributed by atoms with Gasteiger partial charge in [0, 0.05) is 93.6 Å². The van der Waals surface area contributed by atoms with Gasteiger partial charge in [-0.3, -0.25) is 33.6 Å². The second-order valence-corrected chi connectivity index (χ2v) is 19.6. The number of pyridine rings is 4. The third kappa shape index (κ3) is 11.4. The Morgan fingerprint density at radius 2 is 1.07 bits per heavy atom. The zero-order chi connectivity index (χ0) is 48.9. The number of aliphatic hydroxyl groups excluding tert-OH is 2. The van der Waals surface area contributed by atoms with Crippen molar-refractivity contribution in [3.8, 4) is 22.5 Å². The molecule has 6 aromatic rings. The number of nitrogens with one attached hydrogen (secondary N) is 1. The molecule has 1 atom stereocenters. The molecule has 4 aliphatic heterocycles. The number of hydrogen-bond donors (Lipinski definition) is 3. The number of aryl methyl sites for hydroxylation is 4. The molecule has 0 bridgehead atoms. The number of halogens is 2. The van der Waals surface area contributed by atoms with Crippen LogP contribution in [0, 0.1) is 27.7 Å². The van der Waals surface area contributed by atoms with E-state index in [1.165, 1.54) is 18.6 Å². The summed E-state index contributed by atoms with van der Waals surface area (Å²) < 4.78 is 11.6. The Bertz CT molecular complexity index is 2910. The summed E-state index contributed by atoms with van der Waals surface area (Å²) in [6, 6.07) is 7.70. The van der Waals surface area contributed by atoms with E-state index in [1.54, 1.807) is 40.7 Å². The van der Waals surface area contributed by atoms with Gasteiger partial charge < -0.3 is 20.4 Å². The molecule has 10 heterocycles. The van der Waals surface area contributed by atoms with Crippen molar-refractivity contribution in [2.75, 3.05) is 60.2 Å². The number of nitrogens with zero attached hydrogens (tertiary/aromatic N) is 11. The fourth-order valence-electron chi connectivity index (χ4n) is 8.58. The predicted molar refractivity (Wildman–Crippen MR) is 267 cm³/mol. The first kappa shape index (κ1) is 49.5. The molecule has 0 radical (unpaired) electrons. The van der Waals surface area contributed by atoms with Crippen molar-refractivity contribution >= 4 is 63.4 Å². The Hall–Kier alpha value is -5.89. The second kappa shape index (κ2) is 21.8. The molecule has 6 aromatic heterocycles. The zero-order valence-electron chi connectivity index (χ0n) is 39.1. The Kier molecular flexibility index (Phi) is 15.7. The van der Waals surface area contributed by atoms with Crippen LogP contribution in [0.3, 0.4) is 0 Å². The number of carbonyl (C=O) groups excluding carboxylic acids is 2. The molecule has 10 rings (SSSR count). The first-order valence-electron chi connectivity index (χ1n) is 22.8. The number of amides is 2. The SMILES string of the molecule is Cc1cnc(-c2cc(N3CCc4nc(N5CCC(O)CC5)ncc4C3=O)ncc2Cl)c(C)c1.Cc1cnc(-c2cc(N3CCc4nc(S(C)=O)ncc4C3=O)ncc2Cl)c(C)c1.OC1CCNCC1. The van der Waals surface area contributed by atoms with Crippen molar-refractivity contribution in [1.82, 2.24) is 45.2 Å². The molecule has 4 aliphatic rings. The lowest BCUT2D eigenvalue weighted by molar-refractivity contribution is 0.0970. The molecule has 2 amide bonds. The average molecular weight is 994 g/mol. The first-order valence-corrected chi connectivity index (χ1v) is 25.2. The van der Waals surface area contributed by atoms with Crippen molar-refractivity contribution in [3.63, 3.8) is 0 Å². The third-order valence-corrected chi connectivity index (χ3v) is 13.6. The third-order valence-electron chi connectivity index (χ3n) is 12.3. The van der Waals surface area contributed by atoms with Crippen LogP contribution in [0.25, 0.3) is 22.5 Å². The molecule has 0 aromatic carbocycles. The summed E-state index contributed by atoms with van der Waals surface area (Å²) in [6.07, 6.45) is 15.4. The molecule has 69 heavy (non-hydrogen) atoms. The summed E-state index contributed by atoms with van der Waals surface area (Å²) in [5, 5.41) is 23.0. The van der Waals surface area contributed by atoms with Gasteiger partial charge in [0.2, 0.25) is 11.1 Å². The van der Waals surface area contributed by atoms with Crippen molar-refractivity contribution in [2.24, 2.45) is 0 Å². The van der Waals surface area contributed by atoms with Gasteiger partial charge in [0.15, 0.2) is 0 Å². The average Bonchev–Trinajstić information content (AvgIpc) is 3.33. The molecule has 0 saturated carbocycles. The van der Waals surface area contributed by atoms with Gasteiger partial charge in [-0.05, 0) is 101 Å². The molecule has 3 N–H and O–H groups in total. The molecule has 0 spiro atoms. The molecule has 2 saturated heterocycles. The van der Waals surface area contributed by atoms with Crippen LogP contribution in [0.4, 0.5) is 17.6 Å². The number of anilines is 3. The lowest BCUT2D eigenvalue weighted by Crippen LogP contribution is -2.40. The van der Waals surface area contributed by atoms with E-state index in [9.17, 15) is 18.9 Å². The Morgan fingerprint density at radius 1 is 0.594 bits per heavy atom. The maximum Gasteiger partial charge on any atom is 0.262 e. The van der Waals surface area contributed by atoms with Crippen LogP contribution in [-0.4, -0.2) is 124 Å². The molecule has 360 valence electrons. The normalized spacial score (nSPS) is 16.7. The zero-order valence-corrected chi connectivity index (χ0v) is 41.4. The summed E-state index contributed by atoms with van der Waals surface area (Å²) in [5.74, 6) is 1.22. The van der Waals surface area contributed by atoms with E-state index in [0.717, 1.165) is 76.4 Å². The maximum atomic E-state index is 13.3. The molecule has 1 unspecified atom stereocenters. The van der Waals surface area contributed by atoms with Crippen LogP contribution < -0.4 is 20.0 Å². The van der Waals surface area contributed by atoms with Crippen LogP contribution in [-0.2, 0) is 23.6 Å². The number of hydrogen-bond acceptors (Lipinski definition) is 15. The topological polar surface area (TPSA) is 217 Å². The maximum absolute atomic E-state index is 13.3. The highest BCUT2D eigenvalue weighted by atomic mass is 35.5. The van der Waals surface area contributed by atoms with Crippen LogP contribution in [0.5, 0.6) is 0 Å². The fraction of sp³-hybridized carbons (Fsp3) is 0.388. The van der Waals surface area contributed by atoms with Gasteiger partial charge in [0.05, 0.1) is 67.0 Å². The molecule has 0 aliphatic carbocycles. The highest BCUT2D eigenvalue weighted by molar-refractivity contribution is 7.84. The van der Waals surface area contributed by atoms with Crippen molar-refractivity contribution in [3.05, 3.63) is 116 Å². The largest absolute Gasteiger partial charge is 0.393 e. The minimum Gasteiger partial charge on any atom is -0.393 e. The van der Waals surface area contributed by atoms with Crippen LogP contribution in [0.15, 0.2) is 66.6 Å². The Morgan fingerprint density at radius 3 is 1.54 bits per heavy atom. The second-order valence-electron chi connectivity index (χ2n) is 17.5. The summed E-state index contributed by atoms with van der Waals surface area (Å²) in [4.78, 5) is 66.9. The van der Waals surface area contributed by atoms with E-state index >= 15 is 0 Å². The highest BCUT2D eigenvalue weighted by Crippen LogP contribution is 2.35. The predicted octanol–water partition coefficient (Wildman–Crippen LogP) is 6.24. The smallest absolute Gasteiger partial charge is 0.262 e. The molecule has 20 heteroatoms.